The molecule has 0 bridgehead atoms. The van der Waals surface area contributed by atoms with Gasteiger partial charge >= 0.3 is 0 Å². The molecule has 1 aromatic rings. The van der Waals surface area contributed by atoms with Crippen molar-refractivity contribution in [1.82, 2.24) is 0 Å². The van der Waals surface area contributed by atoms with Gasteiger partial charge in [-0.2, -0.15) is 0 Å². The summed E-state index contributed by atoms with van der Waals surface area (Å²) in [4.78, 5) is 0.309. The topological polar surface area (TPSA) is 52.6 Å². The molecule has 0 aliphatic carbocycles. The molecule has 0 aliphatic heterocycles. The lowest BCUT2D eigenvalue weighted by atomic mass is 10.2. The van der Waals surface area contributed by atoms with E-state index in [1.54, 1.807) is 25.3 Å². The maximum absolute atomic E-state index is 11.4. The Bertz CT molecular complexity index is 559. The number of aryl methyl sites for hydroxylation is 1. The van der Waals surface area contributed by atoms with E-state index in [0.29, 0.717) is 23.9 Å². The highest BCUT2D eigenvalue weighted by molar-refractivity contribution is 7.90. The molecule has 0 spiro atoms. The van der Waals surface area contributed by atoms with Crippen molar-refractivity contribution < 1.29 is 17.9 Å². The molecule has 0 fully saturated rings. The van der Waals surface area contributed by atoms with E-state index in [2.05, 4.69) is 0 Å². The third kappa shape index (κ3) is 5.04. The summed E-state index contributed by atoms with van der Waals surface area (Å²) in [5, 5.41) is 0. The summed E-state index contributed by atoms with van der Waals surface area (Å²) < 4.78 is 33.4. The predicted octanol–water partition coefficient (Wildman–Crippen LogP) is 2.37. The fraction of sp³-hybridized carbons (Fsp3) is 0.429. The van der Waals surface area contributed by atoms with Gasteiger partial charge in [-0.1, -0.05) is 0 Å². The van der Waals surface area contributed by atoms with Crippen molar-refractivity contribution in [3.8, 4) is 5.75 Å². The number of sulfone groups is 1. The van der Waals surface area contributed by atoms with E-state index in [1.807, 2.05) is 19.9 Å². The molecule has 4 nitrogen and oxygen atoms in total. The first-order valence-corrected chi connectivity index (χ1v) is 7.82. The van der Waals surface area contributed by atoms with E-state index in [4.69, 9.17) is 9.47 Å². The third-order valence-corrected chi connectivity index (χ3v) is 3.73. The highest BCUT2D eigenvalue weighted by atomic mass is 32.2. The molecule has 1 aromatic carbocycles. The molecule has 106 valence electrons. The van der Waals surface area contributed by atoms with Crippen molar-refractivity contribution in [2.45, 2.75) is 18.7 Å². The van der Waals surface area contributed by atoms with E-state index in [0.717, 1.165) is 11.1 Å². The normalized spacial score (nSPS) is 12.5. The van der Waals surface area contributed by atoms with Crippen LogP contribution in [0.2, 0.25) is 0 Å². The first kappa shape index (κ1) is 15.7. The van der Waals surface area contributed by atoms with Crippen LogP contribution in [0.25, 0.3) is 0 Å². The number of rotatable bonds is 6. The molecule has 0 amide bonds. The molecule has 0 aromatic heterocycles. The lowest BCUT2D eigenvalue weighted by molar-refractivity contribution is 0.224. The van der Waals surface area contributed by atoms with Gasteiger partial charge in [0, 0.05) is 13.4 Å². The molecule has 0 unspecified atom stereocenters. The van der Waals surface area contributed by atoms with Gasteiger partial charge in [-0.25, -0.2) is 8.42 Å². The zero-order valence-corrected chi connectivity index (χ0v) is 12.6. The second kappa shape index (κ2) is 6.73. The molecule has 1 rings (SSSR count). The standard InChI is InChI=1S/C14H20O4S/c1-11(10-17-3)7-8-18-14-6-5-13(9-12(14)2)19(4,15)16/h5-7,9H,8,10H2,1-4H3/b11-7+. The molecule has 0 atom stereocenters. The van der Waals surface area contributed by atoms with Crippen molar-refractivity contribution in [3.63, 3.8) is 0 Å². The van der Waals surface area contributed by atoms with E-state index in [1.165, 1.54) is 6.26 Å². The van der Waals surface area contributed by atoms with Crippen molar-refractivity contribution in [2.24, 2.45) is 0 Å². The largest absolute Gasteiger partial charge is 0.489 e. The van der Waals surface area contributed by atoms with E-state index in [-0.39, 0.29) is 0 Å². The minimum Gasteiger partial charge on any atom is -0.489 e. The van der Waals surface area contributed by atoms with Gasteiger partial charge in [-0.3, -0.25) is 0 Å². The van der Waals surface area contributed by atoms with Gasteiger partial charge in [0.25, 0.3) is 0 Å². The highest BCUT2D eigenvalue weighted by Crippen LogP contribution is 2.21. The van der Waals surface area contributed by atoms with Crippen LogP contribution < -0.4 is 4.74 Å². The van der Waals surface area contributed by atoms with Crippen LogP contribution in [0.3, 0.4) is 0 Å². The highest BCUT2D eigenvalue weighted by Gasteiger charge is 2.09. The Hall–Kier alpha value is -1.33. The van der Waals surface area contributed by atoms with Crippen LogP contribution in [0.5, 0.6) is 5.75 Å². The molecule has 0 saturated carbocycles. The van der Waals surface area contributed by atoms with Gasteiger partial charge in [-0.15, -0.1) is 0 Å². The molecule has 0 heterocycles. The number of hydrogen-bond donors (Lipinski definition) is 0. The first-order valence-electron chi connectivity index (χ1n) is 5.92. The van der Waals surface area contributed by atoms with Crippen molar-refractivity contribution in [2.75, 3.05) is 26.6 Å². The third-order valence-electron chi connectivity index (χ3n) is 2.62. The molecular weight excluding hydrogens is 264 g/mol. The molecule has 0 N–H and O–H groups in total. The average Bonchev–Trinajstić information content (AvgIpc) is 2.30. The van der Waals surface area contributed by atoms with Gasteiger partial charge in [0.1, 0.15) is 12.4 Å². The number of methoxy groups -OCH3 is 1. The van der Waals surface area contributed by atoms with Crippen LogP contribution in [0.15, 0.2) is 34.7 Å². The maximum Gasteiger partial charge on any atom is 0.175 e. The Labute approximate surface area is 115 Å². The summed E-state index contributed by atoms with van der Waals surface area (Å²) >= 11 is 0. The minimum atomic E-state index is -3.17. The Morgan fingerprint density at radius 3 is 2.58 bits per heavy atom. The first-order chi connectivity index (χ1) is 8.84. The summed E-state index contributed by atoms with van der Waals surface area (Å²) in [6.45, 7) is 4.81. The smallest absolute Gasteiger partial charge is 0.175 e. The summed E-state index contributed by atoms with van der Waals surface area (Å²) in [6.07, 6.45) is 3.13. The van der Waals surface area contributed by atoms with E-state index >= 15 is 0 Å². The van der Waals surface area contributed by atoms with Crippen LogP contribution in [0.4, 0.5) is 0 Å². The second-order valence-corrected chi connectivity index (χ2v) is 6.51. The Morgan fingerprint density at radius 1 is 1.37 bits per heavy atom. The molecule has 5 heteroatoms. The summed E-state index contributed by atoms with van der Waals surface area (Å²) in [6, 6.07) is 4.87. The van der Waals surface area contributed by atoms with E-state index in [9.17, 15) is 8.42 Å². The van der Waals surface area contributed by atoms with Crippen molar-refractivity contribution in [1.29, 1.82) is 0 Å². The minimum absolute atomic E-state index is 0.309. The zero-order valence-electron chi connectivity index (χ0n) is 11.8. The molecule has 0 radical (unpaired) electrons. The lowest BCUT2D eigenvalue weighted by Gasteiger charge is -2.09. The molecule has 0 saturated heterocycles. The number of ether oxygens (including phenoxy) is 2. The van der Waals surface area contributed by atoms with Crippen molar-refractivity contribution >= 4 is 9.84 Å². The Morgan fingerprint density at radius 2 is 2.05 bits per heavy atom. The van der Waals surface area contributed by atoms with Crippen LogP contribution in [-0.2, 0) is 14.6 Å². The number of hydrogen-bond acceptors (Lipinski definition) is 4. The summed E-state index contributed by atoms with van der Waals surface area (Å²) in [7, 11) is -1.52. The fourth-order valence-corrected chi connectivity index (χ4v) is 2.28. The molecule has 0 aliphatic rings. The van der Waals surface area contributed by atoms with Crippen molar-refractivity contribution in [3.05, 3.63) is 35.4 Å². The van der Waals surface area contributed by atoms with Crippen LogP contribution in [0.1, 0.15) is 12.5 Å². The quantitative estimate of drug-likeness (QED) is 0.753. The van der Waals surface area contributed by atoms with Gasteiger partial charge in [-0.05, 0) is 49.3 Å². The monoisotopic (exact) mass is 284 g/mol. The van der Waals surface area contributed by atoms with Crippen LogP contribution >= 0.6 is 0 Å². The second-order valence-electron chi connectivity index (χ2n) is 4.49. The Balaban J connectivity index is 2.74. The lowest BCUT2D eigenvalue weighted by Crippen LogP contribution is -2.01. The summed E-state index contributed by atoms with van der Waals surface area (Å²) in [5.74, 6) is 0.689. The predicted molar refractivity (Wildman–Crippen MR) is 75.4 cm³/mol. The number of benzene rings is 1. The van der Waals surface area contributed by atoms with Gasteiger partial charge in [0.2, 0.25) is 0 Å². The van der Waals surface area contributed by atoms with Gasteiger partial charge < -0.3 is 9.47 Å². The fourth-order valence-electron chi connectivity index (χ4n) is 1.57. The SMILES string of the molecule is COC/C(C)=C/COc1ccc(S(C)(=O)=O)cc1C. The Kier molecular flexibility index (Phi) is 5.57. The van der Waals surface area contributed by atoms with Crippen LogP contribution in [0, 0.1) is 6.92 Å². The van der Waals surface area contributed by atoms with Gasteiger partial charge in [0.05, 0.1) is 11.5 Å². The zero-order chi connectivity index (χ0) is 14.5. The van der Waals surface area contributed by atoms with Crippen LogP contribution in [-0.4, -0.2) is 35.0 Å². The van der Waals surface area contributed by atoms with Gasteiger partial charge in [0.15, 0.2) is 9.84 Å². The molecule has 19 heavy (non-hydrogen) atoms. The average molecular weight is 284 g/mol. The summed E-state index contributed by atoms with van der Waals surface area (Å²) in [5.41, 5.74) is 1.90. The van der Waals surface area contributed by atoms with E-state index < -0.39 is 9.84 Å². The maximum atomic E-state index is 11.4. The molecular formula is C14H20O4S.